The third kappa shape index (κ3) is 5.87. The number of hydrogen-bond acceptors (Lipinski definition) is 8. The summed E-state index contributed by atoms with van der Waals surface area (Å²) in [7, 11) is -6.91. The number of carbonyl (C=O) groups is 1. The van der Waals surface area contributed by atoms with E-state index in [1.54, 1.807) is 20.8 Å². The molecule has 194 valence electrons. The van der Waals surface area contributed by atoms with Crippen LogP contribution in [0.4, 0.5) is 15.0 Å². The molecule has 0 N–H and O–H groups in total. The van der Waals surface area contributed by atoms with Crippen LogP contribution >= 0.6 is 11.3 Å². The predicted molar refractivity (Wildman–Crippen MR) is 136 cm³/mol. The van der Waals surface area contributed by atoms with E-state index >= 15 is 4.39 Å². The largest absolute Gasteiger partial charge is 0.493 e. The van der Waals surface area contributed by atoms with Crippen molar-refractivity contribution in [1.29, 1.82) is 0 Å². The Balaban J connectivity index is 2.06. The molecule has 1 aromatic heterocycles. The number of ether oxygens (including phenoxy) is 2. The second-order valence-electron chi connectivity index (χ2n) is 10.9. The summed E-state index contributed by atoms with van der Waals surface area (Å²) in [5.41, 5.74) is 0.847. The Labute approximate surface area is 211 Å². The van der Waals surface area contributed by atoms with Gasteiger partial charge in [-0.3, -0.25) is 0 Å². The van der Waals surface area contributed by atoms with Crippen molar-refractivity contribution in [2.24, 2.45) is 0 Å². The van der Waals surface area contributed by atoms with Crippen LogP contribution in [0.1, 0.15) is 59.6 Å². The molecule has 0 spiro atoms. The van der Waals surface area contributed by atoms with Crippen molar-refractivity contribution in [1.82, 2.24) is 4.98 Å². The van der Waals surface area contributed by atoms with Gasteiger partial charge in [-0.25, -0.2) is 22.6 Å². The minimum atomic E-state index is -4.72. The van der Waals surface area contributed by atoms with E-state index in [0.29, 0.717) is 22.9 Å². The fourth-order valence-corrected chi connectivity index (χ4v) is 6.47. The molecule has 0 unspecified atom stereocenters. The number of carbonyl (C=O) groups excluding carboxylic acids is 1. The highest BCUT2D eigenvalue weighted by Gasteiger charge is 2.42. The van der Waals surface area contributed by atoms with Crippen LogP contribution < -0.4 is 9.04 Å². The summed E-state index contributed by atoms with van der Waals surface area (Å²) in [6.07, 6.45) is -1.08. The number of nitrogens with zero attached hydrogens (tertiary/aromatic N) is 2. The average Bonchev–Trinajstić information content (AvgIpc) is 3.19. The molecule has 2 aromatic rings. The second kappa shape index (κ2) is 9.45. The first-order valence-electron chi connectivity index (χ1n) is 11.2. The van der Waals surface area contributed by atoms with Crippen LogP contribution in [-0.4, -0.2) is 40.0 Å². The molecule has 2 heterocycles. The van der Waals surface area contributed by atoms with Crippen molar-refractivity contribution in [2.45, 2.75) is 82.7 Å². The monoisotopic (exact) mass is 544 g/mol. The molecule has 0 saturated carbocycles. The van der Waals surface area contributed by atoms with Crippen molar-refractivity contribution >= 4 is 41.6 Å². The maximum Gasteiger partial charge on any atom is 0.430 e. The van der Waals surface area contributed by atoms with Crippen LogP contribution in [0.25, 0.3) is 0 Å². The number of thiazole rings is 1. The lowest BCUT2D eigenvalue weighted by molar-refractivity contribution is 0.0608. The third-order valence-corrected chi connectivity index (χ3v) is 12.7. The van der Waals surface area contributed by atoms with Gasteiger partial charge >= 0.3 is 6.09 Å². The quantitative estimate of drug-likeness (QED) is 0.410. The number of hydrogen-bond donors (Lipinski definition) is 0. The molecule has 0 fully saturated rings. The van der Waals surface area contributed by atoms with Gasteiger partial charge in [0.05, 0.1) is 18.2 Å². The molecule has 1 amide bonds. The summed E-state index contributed by atoms with van der Waals surface area (Å²) >= 11 is 1.09. The van der Waals surface area contributed by atoms with Gasteiger partial charge in [0, 0.05) is 23.4 Å². The van der Waals surface area contributed by atoms with Gasteiger partial charge in [0.2, 0.25) is 0 Å². The Morgan fingerprint density at radius 2 is 1.89 bits per heavy atom. The Bertz CT molecular complexity index is 1190. The van der Waals surface area contributed by atoms with E-state index in [4.69, 9.17) is 13.9 Å². The van der Waals surface area contributed by atoms with Gasteiger partial charge in [-0.1, -0.05) is 20.8 Å². The molecule has 35 heavy (non-hydrogen) atoms. The molecular formula is C23H33FN2O6S2Si. The van der Waals surface area contributed by atoms with Gasteiger partial charge in [0.1, 0.15) is 22.1 Å². The molecule has 1 aromatic carbocycles. The van der Waals surface area contributed by atoms with Crippen LogP contribution in [0.3, 0.4) is 0 Å². The molecule has 0 aliphatic carbocycles. The normalized spacial score (nSPS) is 16.9. The van der Waals surface area contributed by atoms with Gasteiger partial charge in [-0.15, -0.1) is 15.6 Å². The highest BCUT2D eigenvalue weighted by atomic mass is 32.2. The van der Waals surface area contributed by atoms with Crippen LogP contribution in [-0.2, 0) is 19.2 Å². The zero-order valence-corrected chi connectivity index (χ0v) is 24.0. The fraction of sp³-hybridized carbons (Fsp3) is 0.565. The molecule has 1 atom stereocenters. The van der Waals surface area contributed by atoms with Crippen LogP contribution in [0.2, 0.25) is 18.1 Å². The standard InChI is InChI=1S/C23H33FN2O6S2Si/c1-22(2,3)31-21(27)26(20-13-33-14-25-20)34(28,29)19-12-18-15(11-16(19)24)17(9-10-30-18)32-35(7,8)23(4,5)6/h11-14,17H,9-10H2,1-8H3/t17-/m1/s1. The van der Waals surface area contributed by atoms with E-state index in [2.05, 4.69) is 38.8 Å². The van der Waals surface area contributed by atoms with Crippen LogP contribution in [0, 0.1) is 5.82 Å². The van der Waals surface area contributed by atoms with E-state index < -0.39 is 46.9 Å². The molecule has 0 radical (unpaired) electrons. The number of benzene rings is 1. The Kier molecular flexibility index (Phi) is 7.44. The molecular weight excluding hydrogens is 511 g/mol. The summed E-state index contributed by atoms with van der Waals surface area (Å²) in [6, 6.07) is 2.25. The fourth-order valence-electron chi connectivity index (χ4n) is 3.23. The van der Waals surface area contributed by atoms with Gasteiger partial charge in [-0.2, -0.15) is 0 Å². The number of sulfonamides is 1. The summed E-state index contributed by atoms with van der Waals surface area (Å²) in [5, 5.41) is 1.31. The molecule has 1 aliphatic rings. The highest BCUT2D eigenvalue weighted by Crippen LogP contribution is 2.44. The van der Waals surface area contributed by atoms with Gasteiger partial charge in [-0.05, 0) is 45.0 Å². The first-order chi connectivity index (χ1) is 15.9. The number of anilines is 1. The maximum absolute atomic E-state index is 15.4. The summed E-state index contributed by atoms with van der Waals surface area (Å²) < 4.78 is 60.5. The maximum atomic E-state index is 15.4. The van der Waals surface area contributed by atoms with Gasteiger partial charge < -0.3 is 13.9 Å². The van der Waals surface area contributed by atoms with Gasteiger partial charge in [0.15, 0.2) is 14.1 Å². The second-order valence-corrected chi connectivity index (χ2v) is 18.2. The van der Waals surface area contributed by atoms with Gasteiger partial charge in [0.25, 0.3) is 10.0 Å². The number of rotatable bonds is 5. The van der Waals surface area contributed by atoms with Crippen molar-refractivity contribution in [3.05, 3.63) is 34.4 Å². The van der Waals surface area contributed by atoms with E-state index in [1.165, 1.54) is 10.9 Å². The molecule has 0 saturated heterocycles. The molecule has 12 heteroatoms. The Morgan fingerprint density at radius 1 is 1.23 bits per heavy atom. The molecule has 8 nitrogen and oxygen atoms in total. The number of amides is 1. The molecule has 3 rings (SSSR count). The third-order valence-electron chi connectivity index (χ3n) is 6.00. The Hall–Kier alpha value is -2.02. The van der Waals surface area contributed by atoms with Crippen LogP contribution in [0.5, 0.6) is 5.75 Å². The van der Waals surface area contributed by atoms with Crippen LogP contribution in [0.15, 0.2) is 27.9 Å². The zero-order valence-electron chi connectivity index (χ0n) is 21.3. The van der Waals surface area contributed by atoms with E-state index in [-0.39, 0.29) is 16.6 Å². The molecule has 0 bridgehead atoms. The smallest absolute Gasteiger partial charge is 0.430 e. The van der Waals surface area contributed by atoms with Crippen molar-refractivity contribution in [3.8, 4) is 5.75 Å². The summed E-state index contributed by atoms with van der Waals surface area (Å²) in [4.78, 5) is 16.1. The van der Waals surface area contributed by atoms with Crippen molar-refractivity contribution in [2.75, 3.05) is 10.9 Å². The van der Waals surface area contributed by atoms with E-state index in [9.17, 15) is 13.2 Å². The zero-order chi connectivity index (χ0) is 26.4. The SMILES string of the molecule is CC(C)(C)OC(=O)N(c1cscn1)S(=O)(=O)c1cc2c(cc1F)[C@H](O[Si](C)(C)C(C)(C)C)CCO2. The lowest BCUT2D eigenvalue weighted by Crippen LogP contribution is -2.43. The highest BCUT2D eigenvalue weighted by molar-refractivity contribution is 7.93. The van der Waals surface area contributed by atoms with Crippen molar-refractivity contribution < 1.29 is 31.5 Å². The first-order valence-corrected chi connectivity index (χ1v) is 16.5. The topological polar surface area (TPSA) is 95.0 Å². The minimum absolute atomic E-state index is 0.0608. The average molecular weight is 545 g/mol. The number of fused-ring (bicyclic) bond motifs is 1. The number of aromatic nitrogens is 1. The lowest BCUT2D eigenvalue weighted by atomic mass is 10.0. The summed E-state index contributed by atoms with van der Waals surface area (Å²) in [6.45, 7) is 15.6. The minimum Gasteiger partial charge on any atom is -0.493 e. The Morgan fingerprint density at radius 3 is 2.43 bits per heavy atom. The predicted octanol–water partition coefficient (Wildman–Crippen LogP) is 6.26. The molecule has 1 aliphatic heterocycles. The van der Waals surface area contributed by atoms with E-state index in [1.807, 2.05) is 0 Å². The van der Waals surface area contributed by atoms with E-state index in [0.717, 1.165) is 23.5 Å². The van der Waals surface area contributed by atoms with Crippen molar-refractivity contribution in [3.63, 3.8) is 0 Å². The lowest BCUT2D eigenvalue weighted by Gasteiger charge is -2.40. The first kappa shape index (κ1) is 27.6. The summed E-state index contributed by atoms with van der Waals surface area (Å²) in [5.74, 6) is -0.981. The number of halogens is 1.